The van der Waals surface area contributed by atoms with Crippen LogP contribution >= 0.6 is 11.6 Å². The van der Waals surface area contributed by atoms with Crippen LogP contribution in [0.25, 0.3) is 0 Å². The zero-order valence-corrected chi connectivity index (χ0v) is 11.2. The van der Waals surface area contributed by atoms with Gasteiger partial charge in [0.2, 0.25) is 0 Å². The topological polar surface area (TPSA) is 23.5 Å². The molecule has 2 rings (SSSR count). The molecule has 0 radical (unpaired) electrons. The fourth-order valence-corrected chi connectivity index (χ4v) is 2.67. The van der Waals surface area contributed by atoms with E-state index in [2.05, 4.69) is 18.7 Å². The molecule has 0 spiro atoms. The molecular formula is C14H20ClNO. The van der Waals surface area contributed by atoms with Crippen LogP contribution < -0.4 is 4.90 Å². The highest BCUT2D eigenvalue weighted by atomic mass is 35.5. The largest absolute Gasteiger partial charge is 0.392 e. The normalized spacial score (nSPS) is 25.1. The molecular weight excluding hydrogens is 234 g/mol. The monoisotopic (exact) mass is 253 g/mol. The lowest BCUT2D eigenvalue weighted by molar-refractivity contribution is 0.280. The molecule has 1 aromatic rings. The number of piperidine rings is 1. The Bertz CT molecular complexity index is 394. The average Bonchev–Trinajstić information content (AvgIpc) is 2.32. The summed E-state index contributed by atoms with van der Waals surface area (Å²) >= 11 is 5.96. The molecule has 2 nitrogen and oxygen atoms in total. The first-order chi connectivity index (χ1) is 8.11. The molecule has 0 saturated carbocycles. The standard InChI is InChI=1S/C14H20ClNO/c1-10-5-6-16(8-11(10)2)14-4-3-13(15)7-12(14)9-17/h3-4,7,10-11,17H,5-6,8-9H2,1-2H3. The molecule has 0 aromatic heterocycles. The van der Waals surface area contributed by atoms with Gasteiger partial charge in [0, 0.05) is 29.4 Å². The minimum Gasteiger partial charge on any atom is -0.392 e. The van der Waals surface area contributed by atoms with Gasteiger partial charge in [-0.1, -0.05) is 25.4 Å². The molecule has 0 bridgehead atoms. The van der Waals surface area contributed by atoms with Crippen molar-refractivity contribution in [3.05, 3.63) is 28.8 Å². The Hall–Kier alpha value is -0.730. The summed E-state index contributed by atoms with van der Waals surface area (Å²) in [7, 11) is 0. The Morgan fingerprint density at radius 1 is 1.35 bits per heavy atom. The van der Waals surface area contributed by atoms with Crippen LogP contribution in [0.2, 0.25) is 5.02 Å². The number of aliphatic hydroxyl groups is 1. The Balaban J connectivity index is 2.22. The second-order valence-corrected chi connectivity index (χ2v) is 5.56. The Kier molecular flexibility index (Phi) is 3.95. The lowest BCUT2D eigenvalue weighted by atomic mass is 9.88. The van der Waals surface area contributed by atoms with Crippen LogP contribution in [0.5, 0.6) is 0 Å². The summed E-state index contributed by atoms with van der Waals surface area (Å²) < 4.78 is 0. The van der Waals surface area contributed by atoms with Gasteiger partial charge < -0.3 is 10.0 Å². The molecule has 1 fully saturated rings. The molecule has 1 saturated heterocycles. The maximum atomic E-state index is 9.41. The summed E-state index contributed by atoms with van der Waals surface area (Å²) in [6.07, 6.45) is 1.22. The van der Waals surface area contributed by atoms with Crippen molar-refractivity contribution in [2.24, 2.45) is 11.8 Å². The summed E-state index contributed by atoms with van der Waals surface area (Å²) in [5, 5.41) is 10.1. The summed E-state index contributed by atoms with van der Waals surface area (Å²) in [5.74, 6) is 1.49. The summed E-state index contributed by atoms with van der Waals surface area (Å²) in [6, 6.07) is 5.79. The molecule has 94 valence electrons. The zero-order valence-electron chi connectivity index (χ0n) is 10.5. The van der Waals surface area contributed by atoms with Crippen LogP contribution in [0.4, 0.5) is 5.69 Å². The van der Waals surface area contributed by atoms with Crippen molar-refractivity contribution in [2.45, 2.75) is 26.9 Å². The van der Waals surface area contributed by atoms with E-state index < -0.39 is 0 Å². The predicted molar refractivity (Wildman–Crippen MR) is 72.5 cm³/mol. The van der Waals surface area contributed by atoms with E-state index in [1.54, 1.807) is 0 Å². The van der Waals surface area contributed by atoms with Crippen molar-refractivity contribution in [3.63, 3.8) is 0 Å². The van der Waals surface area contributed by atoms with Gasteiger partial charge in [0.1, 0.15) is 0 Å². The minimum atomic E-state index is 0.0519. The maximum Gasteiger partial charge on any atom is 0.0702 e. The third-order valence-corrected chi connectivity index (χ3v) is 4.12. The van der Waals surface area contributed by atoms with Crippen molar-refractivity contribution in [1.82, 2.24) is 0 Å². The first kappa shape index (κ1) is 12.7. The van der Waals surface area contributed by atoms with E-state index in [1.165, 1.54) is 6.42 Å². The third kappa shape index (κ3) is 2.75. The van der Waals surface area contributed by atoms with Gasteiger partial charge in [-0.15, -0.1) is 0 Å². The van der Waals surface area contributed by atoms with Crippen LogP contribution in [-0.4, -0.2) is 18.2 Å². The smallest absolute Gasteiger partial charge is 0.0702 e. The molecule has 1 aliphatic heterocycles. The fourth-order valence-electron chi connectivity index (χ4n) is 2.47. The van der Waals surface area contributed by atoms with E-state index in [4.69, 9.17) is 11.6 Å². The van der Waals surface area contributed by atoms with Crippen LogP contribution in [0.1, 0.15) is 25.8 Å². The second kappa shape index (κ2) is 5.28. The average molecular weight is 254 g/mol. The van der Waals surface area contributed by atoms with E-state index in [9.17, 15) is 5.11 Å². The van der Waals surface area contributed by atoms with Crippen molar-refractivity contribution in [1.29, 1.82) is 0 Å². The zero-order chi connectivity index (χ0) is 12.4. The Morgan fingerprint density at radius 2 is 2.12 bits per heavy atom. The highest BCUT2D eigenvalue weighted by Gasteiger charge is 2.23. The van der Waals surface area contributed by atoms with Crippen molar-refractivity contribution in [2.75, 3.05) is 18.0 Å². The van der Waals surface area contributed by atoms with E-state index >= 15 is 0 Å². The Labute approximate surface area is 108 Å². The Morgan fingerprint density at radius 3 is 2.76 bits per heavy atom. The number of halogens is 1. The van der Waals surface area contributed by atoms with Crippen LogP contribution in [-0.2, 0) is 6.61 Å². The molecule has 0 aliphatic carbocycles. The van der Waals surface area contributed by atoms with E-state index in [0.29, 0.717) is 10.9 Å². The quantitative estimate of drug-likeness (QED) is 0.874. The second-order valence-electron chi connectivity index (χ2n) is 5.12. The van der Waals surface area contributed by atoms with Crippen molar-refractivity contribution in [3.8, 4) is 0 Å². The van der Waals surface area contributed by atoms with E-state index in [1.807, 2.05) is 18.2 Å². The summed E-state index contributed by atoms with van der Waals surface area (Å²) in [6.45, 7) is 6.80. The predicted octanol–water partition coefficient (Wildman–Crippen LogP) is 3.31. The lowest BCUT2D eigenvalue weighted by Gasteiger charge is -2.37. The lowest BCUT2D eigenvalue weighted by Crippen LogP contribution is -2.38. The van der Waals surface area contributed by atoms with Gasteiger partial charge in [0.25, 0.3) is 0 Å². The molecule has 1 aromatic carbocycles. The van der Waals surface area contributed by atoms with E-state index in [0.717, 1.165) is 30.3 Å². The number of aliphatic hydroxyl groups excluding tert-OH is 1. The van der Waals surface area contributed by atoms with Crippen molar-refractivity contribution >= 4 is 17.3 Å². The number of benzene rings is 1. The van der Waals surface area contributed by atoms with Crippen molar-refractivity contribution < 1.29 is 5.11 Å². The molecule has 1 N–H and O–H groups in total. The summed E-state index contributed by atoms with van der Waals surface area (Å²) in [4.78, 5) is 2.37. The maximum absolute atomic E-state index is 9.41. The number of nitrogens with zero attached hydrogens (tertiary/aromatic N) is 1. The van der Waals surface area contributed by atoms with Gasteiger partial charge in [-0.2, -0.15) is 0 Å². The molecule has 0 amide bonds. The molecule has 17 heavy (non-hydrogen) atoms. The third-order valence-electron chi connectivity index (χ3n) is 3.89. The highest BCUT2D eigenvalue weighted by molar-refractivity contribution is 6.30. The fraction of sp³-hybridized carbons (Fsp3) is 0.571. The van der Waals surface area contributed by atoms with E-state index in [-0.39, 0.29) is 6.61 Å². The van der Waals surface area contributed by atoms with Gasteiger partial charge in [-0.25, -0.2) is 0 Å². The SMILES string of the molecule is CC1CCN(c2ccc(Cl)cc2CO)CC1C. The van der Waals surface area contributed by atoms with Gasteiger partial charge >= 0.3 is 0 Å². The number of hydrogen-bond donors (Lipinski definition) is 1. The first-order valence-electron chi connectivity index (χ1n) is 6.26. The van der Waals surface area contributed by atoms with Crippen LogP contribution in [0.15, 0.2) is 18.2 Å². The molecule has 1 heterocycles. The first-order valence-corrected chi connectivity index (χ1v) is 6.64. The molecule has 1 aliphatic rings. The molecule has 3 heteroatoms. The summed E-state index contributed by atoms with van der Waals surface area (Å²) in [5.41, 5.74) is 2.06. The number of hydrogen-bond acceptors (Lipinski definition) is 2. The number of rotatable bonds is 2. The van der Waals surface area contributed by atoms with Gasteiger partial charge in [-0.05, 0) is 36.5 Å². The minimum absolute atomic E-state index is 0.0519. The number of anilines is 1. The highest BCUT2D eigenvalue weighted by Crippen LogP contribution is 2.30. The van der Waals surface area contributed by atoms with Crippen LogP contribution in [0.3, 0.4) is 0 Å². The van der Waals surface area contributed by atoms with Crippen LogP contribution in [0, 0.1) is 11.8 Å². The van der Waals surface area contributed by atoms with Gasteiger partial charge in [0.15, 0.2) is 0 Å². The van der Waals surface area contributed by atoms with Gasteiger partial charge in [0.05, 0.1) is 6.61 Å². The van der Waals surface area contributed by atoms with Gasteiger partial charge in [-0.3, -0.25) is 0 Å². The molecule has 2 unspecified atom stereocenters. The molecule has 2 atom stereocenters.